The Morgan fingerprint density at radius 2 is 2.00 bits per heavy atom. The summed E-state index contributed by atoms with van der Waals surface area (Å²) < 4.78 is 43.8. The van der Waals surface area contributed by atoms with Crippen LogP contribution in [-0.2, 0) is 23.4 Å². The van der Waals surface area contributed by atoms with Crippen molar-refractivity contribution in [3.63, 3.8) is 0 Å². The lowest BCUT2D eigenvalue weighted by atomic mass is 10.0. The summed E-state index contributed by atoms with van der Waals surface area (Å²) in [4.78, 5) is 25.3. The molecule has 2 aromatic heterocycles. The molecule has 0 amide bonds. The maximum Gasteiger partial charge on any atom is 0.459 e. The van der Waals surface area contributed by atoms with Gasteiger partial charge in [0, 0.05) is 11.4 Å². The third-order valence-corrected chi connectivity index (χ3v) is 8.03. The first kappa shape index (κ1) is 30.2. The van der Waals surface area contributed by atoms with Gasteiger partial charge in [0.15, 0.2) is 17.4 Å². The number of carbonyl (C=O) groups excluding carboxylic acids is 1. The SMILES string of the molecule is COc1ncnc2c1ncn2C1OC(COP(=O)(NC(C)(C)C(=O)OC(C)C)Oc2ccc(Cl)cc2)C[C@@]1(C)O. The molecule has 1 aromatic carbocycles. The van der Waals surface area contributed by atoms with Crippen LogP contribution >= 0.6 is 19.3 Å². The molecule has 13 nitrogen and oxygen atoms in total. The van der Waals surface area contributed by atoms with Crippen molar-refractivity contribution in [3.8, 4) is 11.6 Å². The van der Waals surface area contributed by atoms with Gasteiger partial charge in [-0.2, -0.15) is 10.1 Å². The van der Waals surface area contributed by atoms with E-state index in [0.717, 1.165) is 0 Å². The molecule has 0 aliphatic carbocycles. The topological polar surface area (TPSA) is 156 Å². The van der Waals surface area contributed by atoms with Crippen LogP contribution in [0.5, 0.6) is 11.6 Å². The average molecular weight is 598 g/mol. The van der Waals surface area contributed by atoms with E-state index in [2.05, 4.69) is 20.0 Å². The number of imidazole rings is 1. The number of rotatable bonds is 11. The average Bonchev–Trinajstić information content (AvgIpc) is 3.43. The monoisotopic (exact) mass is 597 g/mol. The number of esters is 1. The summed E-state index contributed by atoms with van der Waals surface area (Å²) in [6.45, 7) is 7.79. The molecule has 1 saturated heterocycles. The molecule has 3 unspecified atom stereocenters. The van der Waals surface area contributed by atoms with Crippen molar-refractivity contribution in [1.82, 2.24) is 24.6 Å². The summed E-state index contributed by atoms with van der Waals surface area (Å²) in [6, 6.07) is 6.17. The molecule has 4 atom stereocenters. The molecular weight excluding hydrogens is 565 g/mol. The molecule has 40 heavy (non-hydrogen) atoms. The number of benzene rings is 1. The van der Waals surface area contributed by atoms with E-state index in [9.17, 15) is 14.5 Å². The zero-order chi connectivity index (χ0) is 29.3. The minimum absolute atomic E-state index is 0.124. The Labute approximate surface area is 236 Å². The second kappa shape index (κ2) is 11.6. The van der Waals surface area contributed by atoms with Crippen LogP contribution in [0.3, 0.4) is 0 Å². The van der Waals surface area contributed by atoms with Crippen LogP contribution in [0.25, 0.3) is 11.2 Å². The van der Waals surface area contributed by atoms with Gasteiger partial charge in [-0.05, 0) is 58.9 Å². The highest BCUT2D eigenvalue weighted by Gasteiger charge is 2.47. The van der Waals surface area contributed by atoms with Crippen molar-refractivity contribution in [2.24, 2.45) is 0 Å². The van der Waals surface area contributed by atoms with Crippen molar-refractivity contribution in [1.29, 1.82) is 0 Å². The normalized spacial score (nSPS) is 22.8. The van der Waals surface area contributed by atoms with Crippen LogP contribution in [0.4, 0.5) is 0 Å². The first-order valence-corrected chi connectivity index (χ1v) is 14.4. The second-order valence-electron chi connectivity index (χ2n) is 10.4. The Balaban J connectivity index is 1.54. The molecule has 0 radical (unpaired) electrons. The lowest BCUT2D eigenvalue weighted by molar-refractivity contribution is -0.153. The lowest BCUT2D eigenvalue weighted by Crippen LogP contribution is -2.47. The van der Waals surface area contributed by atoms with E-state index in [4.69, 9.17) is 34.9 Å². The summed E-state index contributed by atoms with van der Waals surface area (Å²) in [6.07, 6.45) is 0.930. The zero-order valence-corrected chi connectivity index (χ0v) is 24.7. The molecule has 1 aliphatic heterocycles. The van der Waals surface area contributed by atoms with Gasteiger partial charge in [0.1, 0.15) is 23.2 Å². The van der Waals surface area contributed by atoms with Gasteiger partial charge in [0.2, 0.25) is 5.88 Å². The Morgan fingerprint density at radius 1 is 1.30 bits per heavy atom. The quantitative estimate of drug-likeness (QED) is 0.242. The second-order valence-corrected chi connectivity index (χ2v) is 12.5. The summed E-state index contributed by atoms with van der Waals surface area (Å²) in [7, 11) is -2.74. The molecule has 4 rings (SSSR count). The van der Waals surface area contributed by atoms with E-state index in [-0.39, 0.29) is 30.8 Å². The summed E-state index contributed by atoms with van der Waals surface area (Å²) in [5.74, 6) is -0.161. The molecule has 0 spiro atoms. The van der Waals surface area contributed by atoms with Gasteiger partial charge in [0.05, 0.1) is 32.3 Å². The molecule has 15 heteroatoms. The number of halogens is 1. The largest absolute Gasteiger partial charge is 0.479 e. The fourth-order valence-corrected chi connectivity index (χ4v) is 6.03. The van der Waals surface area contributed by atoms with Gasteiger partial charge in [-0.25, -0.2) is 14.5 Å². The molecule has 0 bridgehead atoms. The number of fused-ring (bicyclic) bond motifs is 1. The fourth-order valence-electron chi connectivity index (χ4n) is 4.20. The molecule has 1 aliphatic rings. The Hall–Kier alpha value is -2.80. The Kier molecular flexibility index (Phi) is 8.74. The number of ether oxygens (including phenoxy) is 3. The number of nitrogens with zero attached hydrogens (tertiary/aromatic N) is 4. The van der Waals surface area contributed by atoms with Gasteiger partial charge in [-0.3, -0.25) is 13.9 Å². The van der Waals surface area contributed by atoms with E-state index in [1.165, 1.54) is 45.7 Å². The van der Waals surface area contributed by atoms with E-state index in [1.807, 2.05) is 0 Å². The molecular formula is C25H33ClN5O8P. The number of hydrogen-bond donors (Lipinski definition) is 2. The number of hydrogen-bond acceptors (Lipinski definition) is 11. The van der Waals surface area contributed by atoms with E-state index in [1.54, 1.807) is 37.5 Å². The standard InChI is InChI=1S/C25H33ClN5O8P/c1-15(2)37-23(32)24(3,4)30-40(34,39-17-9-7-16(26)8-10-17)36-12-18-11-25(5,33)22(38-18)31-14-29-19-20(31)27-13-28-21(19)35-6/h7-10,13-15,18,22,33H,11-12H2,1-6H3,(H,30,34)/t18?,22?,25-,40?/m1/s1. The van der Waals surface area contributed by atoms with E-state index in [0.29, 0.717) is 16.2 Å². The lowest BCUT2D eigenvalue weighted by Gasteiger charge is -2.30. The van der Waals surface area contributed by atoms with Crippen molar-refractivity contribution in [2.45, 2.75) is 70.6 Å². The molecule has 218 valence electrons. The first-order chi connectivity index (χ1) is 18.7. The predicted octanol–water partition coefficient (Wildman–Crippen LogP) is 4.05. The zero-order valence-electron chi connectivity index (χ0n) is 23.0. The van der Waals surface area contributed by atoms with Crippen LogP contribution in [-0.4, -0.2) is 67.7 Å². The van der Waals surface area contributed by atoms with Gasteiger partial charge in [-0.15, -0.1) is 0 Å². The maximum absolute atomic E-state index is 14.0. The van der Waals surface area contributed by atoms with Crippen molar-refractivity contribution < 1.29 is 37.7 Å². The minimum atomic E-state index is -4.21. The third kappa shape index (κ3) is 6.73. The predicted molar refractivity (Wildman–Crippen MR) is 145 cm³/mol. The Bertz CT molecular complexity index is 1400. The number of nitrogens with one attached hydrogen (secondary N) is 1. The highest BCUT2D eigenvalue weighted by Crippen LogP contribution is 2.48. The maximum atomic E-state index is 14.0. The van der Waals surface area contributed by atoms with Gasteiger partial charge < -0.3 is 23.8 Å². The molecule has 1 fully saturated rings. The Morgan fingerprint density at radius 3 is 2.65 bits per heavy atom. The third-order valence-electron chi connectivity index (χ3n) is 6.00. The number of aliphatic hydroxyl groups is 1. The fraction of sp³-hybridized carbons (Fsp3) is 0.520. The van der Waals surface area contributed by atoms with Gasteiger partial charge >= 0.3 is 13.7 Å². The van der Waals surface area contributed by atoms with Crippen molar-refractivity contribution in [3.05, 3.63) is 41.9 Å². The van der Waals surface area contributed by atoms with Crippen molar-refractivity contribution >= 4 is 36.5 Å². The summed E-state index contributed by atoms with van der Waals surface area (Å²) >= 11 is 5.97. The molecule has 2 N–H and O–H groups in total. The van der Waals surface area contributed by atoms with Crippen LogP contribution in [0.2, 0.25) is 5.02 Å². The van der Waals surface area contributed by atoms with E-state index >= 15 is 0 Å². The van der Waals surface area contributed by atoms with Crippen LogP contribution in [0, 0.1) is 0 Å². The molecule has 3 aromatic rings. The summed E-state index contributed by atoms with van der Waals surface area (Å²) in [5, 5.41) is 14.4. The van der Waals surface area contributed by atoms with Crippen LogP contribution < -0.4 is 14.3 Å². The first-order valence-electron chi connectivity index (χ1n) is 12.5. The molecule has 0 saturated carbocycles. The van der Waals surface area contributed by atoms with Gasteiger partial charge in [0.25, 0.3) is 0 Å². The minimum Gasteiger partial charge on any atom is -0.479 e. The molecule has 3 heterocycles. The number of carbonyl (C=O) groups is 1. The highest BCUT2D eigenvalue weighted by atomic mass is 35.5. The van der Waals surface area contributed by atoms with E-state index < -0.39 is 37.2 Å². The van der Waals surface area contributed by atoms with Crippen molar-refractivity contribution in [2.75, 3.05) is 13.7 Å². The smallest absolute Gasteiger partial charge is 0.459 e. The van der Waals surface area contributed by atoms with Gasteiger partial charge in [-0.1, -0.05) is 11.6 Å². The number of aromatic nitrogens is 4. The number of methoxy groups -OCH3 is 1. The summed E-state index contributed by atoms with van der Waals surface area (Å²) in [5.41, 5.74) is -1.99. The highest BCUT2D eigenvalue weighted by molar-refractivity contribution is 7.52. The van der Waals surface area contributed by atoms with Crippen LogP contribution in [0.1, 0.15) is 47.3 Å². The van der Waals surface area contributed by atoms with Crippen LogP contribution in [0.15, 0.2) is 36.9 Å².